The lowest BCUT2D eigenvalue weighted by molar-refractivity contribution is -0.138. The fourth-order valence-corrected chi connectivity index (χ4v) is 3.55. The summed E-state index contributed by atoms with van der Waals surface area (Å²) in [5, 5.41) is 8.81. The van der Waals surface area contributed by atoms with E-state index in [2.05, 4.69) is 11.8 Å². The van der Waals surface area contributed by atoms with E-state index >= 15 is 0 Å². The van der Waals surface area contributed by atoms with E-state index in [9.17, 15) is 4.79 Å². The summed E-state index contributed by atoms with van der Waals surface area (Å²) in [6.07, 6.45) is 6.80. The first kappa shape index (κ1) is 11.9. The molecular formula is C13H23NO2. The minimum Gasteiger partial charge on any atom is -0.481 e. The zero-order chi connectivity index (χ0) is 11.5. The number of hydrogen-bond donors (Lipinski definition) is 1. The molecule has 2 fully saturated rings. The maximum Gasteiger partial charge on any atom is 0.303 e. The normalized spacial score (nSPS) is 35.7. The van der Waals surface area contributed by atoms with E-state index in [1.165, 1.54) is 25.7 Å². The Morgan fingerprint density at radius 1 is 1.38 bits per heavy atom. The molecule has 0 aromatic heterocycles. The largest absolute Gasteiger partial charge is 0.481 e. The van der Waals surface area contributed by atoms with Crippen molar-refractivity contribution in [2.45, 2.75) is 51.5 Å². The van der Waals surface area contributed by atoms with Crippen LogP contribution in [0, 0.1) is 11.8 Å². The number of aliphatic carboxylic acids is 1. The number of carbonyl (C=O) groups is 1. The first-order chi connectivity index (χ1) is 7.70. The molecule has 3 unspecified atom stereocenters. The van der Waals surface area contributed by atoms with Crippen molar-refractivity contribution < 1.29 is 9.90 Å². The van der Waals surface area contributed by atoms with Crippen LogP contribution in [0.15, 0.2) is 0 Å². The molecule has 2 rings (SSSR count). The summed E-state index contributed by atoms with van der Waals surface area (Å²) < 4.78 is 0. The highest BCUT2D eigenvalue weighted by Crippen LogP contribution is 2.35. The second kappa shape index (κ2) is 5.17. The van der Waals surface area contributed by atoms with Gasteiger partial charge in [-0.3, -0.25) is 9.69 Å². The van der Waals surface area contributed by atoms with Crippen molar-refractivity contribution in [2.75, 3.05) is 13.1 Å². The smallest absolute Gasteiger partial charge is 0.303 e. The minimum atomic E-state index is -0.634. The Morgan fingerprint density at radius 2 is 2.19 bits per heavy atom. The van der Waals surface area contributed by atoms with E-state index < -0.39 is 5.97 Å². The predicted octanol–water partition coefficient (Wildman–Crippen LogP) is 2.36. The van der Waals surface area contributed by atoms with Crippen molar-refractivity contribution in [1.82, 2.24) is 4.90 Å². The van der Waals surface area contributed by atoms with E-state index in [0.29, 0.717) is 12.3 Å². The molecule has 0 aromatic rings. The summed E-state index contributed by atoms with van der Waals surface area (Å²) in [7, 11) is 0. The van der Waals surface area contributed by atoms with Gasteiger partial charge in [0.1, 0.15) is 0 Å². The Labute approximate surface area is 97.8 Å². The van der Waals surface area contributed by atoms with E-state index in [1.54, 1.807) is 0 Å². The van der Waals surface area contributed by atoms with Crippen LogP contribution in [-0.4, -0.2) is 35.1 Å². The van der Waals surface area contributed by atoms with Crippen LogP contribution in [0.5, 0.6) is 0 Å². The molecule has 3 nitrogen and oxygen atoms in total. The van der Waals surface area contributed by atoms with Crippen molar-refractivity contribution in [2.24, 2.45) is 11.8 Å². The quantitative estimate of drug-likeness (QED) is 0.798. The summed E-state index contributed by atoms with van der Waals surface area (Å²) >= 11 is 0. The lowest BCUT2D eigenvalue weighted by atomic mass is 9.99. The van der Waals surface area contributed by atoms with E-state index in [0.717, 1.165) is 31.5 Å². The second-order valence-corrected chi connectivity index (χ2v) is 5.41. The maximum absolute atomic E-state index is 10.7. The number of likely N-dealkylation sites (tertiary alicyclic amines) is 1. The molecule has 0 spiro atoms. The van der Waals surface area contributed by atoms with E-state index in [-0.39, 0.29) is 0 Å². The first-order valence-corrected chi connectivity index (χ1v) is 6.66. The zero-order valence-electron chi connectivity index (χ0n) is 10.2. The van der Waals surface area contributed by atoms with E-state index in [4.69, 9.17) is 5.11 Å². The second-order valence-electron chi connectivity index (χ2n) is 5.41. The van der Waals surface area contributed by atoms with Crippen molar-refractivity contribution in [3.63, 3.8) is 0 Å². The SMILES string of the molecule is CCC1CCCC1N1CCC(CC(=O)O)C1. The van der Waals surface area contributed by atoms with Crippen LogP contribution in [0.1, 0.15) is 45.4 Å². The molecule has 0 amide bonds. The number of carboxylic acid groups (broad SMARTS) is 1. The van der Waals surface area contributed by atoms with Gasteiger partial charge in [0.05, 0.1) is 0 Å². The summed E-state index contributed by atoms with van der Waals surface area (Å²) in [6.45, 7) is 4.43. The average molecular weight is 225 g/mol. The van der Waals surface area contributed by atoms with E-state index in [1.807, 2.05) is 0 Å². The molecule has 1 aliphatic heterocycles. The number of carboxylic acids is 1. The van der Waals surface area contributed by atoms with Gasteiger partial charge in [-0.2, -0.15) is 0 Å². The molecule has 92 valence electrons. The monoisotopic (exact) mass is 225 g/mol. The Balaban J connectivity index is 1.85. The molecule has 3 atom stereocenters. The van der Waals surface area contributed by atoms with Crippen LogP contribution in [0.3, 0.4) is 0 Å². The Kier molecular flexibility index (Phi) is 3.85. The lowest BCUT2D eigenvalue weighted by Crippen LogP contribution is -2.36. The van der Waals surface area contributed by atoms with Gasteiger partial charge < -0.3 is 5.11 Å². The molecule has 1 N–H and O–H groups in total. The van der Waals surface area contributed by atoms with Gasteiger partial charge in [-0.15, -0.1) is 0 Å². The van der Waals surface area contributed by atoms with Crippen LogP contribution in [-0.2, 0) is 4.79 Å². The molecule has 1 heterocycles. The third kappa shape index (κ3) is 2.57. The standard InChI is InChI=1S/C13H23NO2/c1-2-11-4-3-5-12(11)14-7-6-10(9-14)8-13(15)16/h10-12H,2-9H2,1H3,(H,15,16). The summed E-state index contributed by atoms with van der Waals surface area (Å²) in [4.78, 5) is 13.2. The number of hydrogen-bond acceptors (Lipinski definition) is 2. The Bertz CT molecular complexity index is 254. The highest BCUT2D eigenvalue weighted by molar-refractivity contribution is 5.67. The van der Waals surface area contributed by atoms with Crippen LogP contribution < -0.4 is 0 Å². The van der Waals surface area contributed by atoms with Crippen LogP contribution >= 0.6 is 0 Å². The molecule has 0 bridgehead atoms. The van der Waals surface area contributed by atoms with Gasteiger partial charge in [0.25, 0.3) is 0 Å². The van der Waals surface area contributed by atoms with Gasteiger partial charge in [0.2, 0.25) is 0 Å². The highest BCUT2D eigenvalue weighted by atomic mass is 16.4. The third-order valence-electron chi connectivity index (χ3n) is 4.39. The molecule has 3 heteroatoms. The van der Waals surface area contributed by atoms with Gasteiger partial charge in [-0.25, -0.2) is 0 Å². The predicted molar refractivity (Wildman–Crippen MR) is 63.4 cm³/mol. The molecule has 16 heavy (non-hydrogen) atoms. The summed E-state index contributed by atoms with van der Waals surface area (Å²) in [6, 6.07) is 0.754. The van der Waals surface area contributed by atoms with Crippen molar-refractivity contribution in [3.8, 4) is 0 Å². The molecule has 0 radical (unpaired) electrons. The number of nitrogens with zero attached hydrogens (tertiary/aromatic N) is 1. The molecule has 1 saturated heterocycles. The van der Waals surface area contributed by atoms with Crippen LogP contribution in [0.25, 0.3) is 0 Å². The number of rotatable bonds is 4. The van der Waals surface area contributed by atoms with Gasteiger partial charge >= 0.3 is 5.97 Å². The minimum absolute atomic E-state index is 0.361. The third-order valence-corrected chi connectivity index (χ3v) is 4.39. The van der Waals surface area contributed by atoms with Gasteiger partial charge in [-0.1, -0.05) is 19.8 Å². The highest BCUT2D eigenvalue weighted by Gasteiger charge is 2.35. The Morgan fingerprint density at radius 3 is 2.88 bits per heavy atom. The Hall–Kier alpha value is -0.570. The lowest BCUT2D eigenvalue weighted by Gasteiger charge is -2.29. The molecule has 2 aliphatic rings. The average Bonchev–Trinajstić information content (AvgIpc) is 2.83. The molecular weight excluding hydrogens is 202 g/mol. The topological polar surface area (TPSA) is 40.5 Å². The fourth-order valence-electron chi connectivity index (χ4n) is 3.55. The fraction of sp³-hybridized carbons (Fsp3) is 0.923. The molecule has 0 aromatic carbocycles. The van der Waals surface area contributed by atoms with Crippen molar-refractivity contribution in [1.29, 1.82) is 0 Å². The maximum atomic E-state index is 10.7. The van der Waals surface area contributed by atoms with Crippen LogP contribution in [0.4, 0.5) is 0 Å². The summed E-state index contributed by atoms with van der Waals surface area (Å²) in [5.74, 6) is 0.629. The summed E-state index contributed by atoms with van der Waals surface area (Å²) in [5.41, 5.74) is 0. The van der Waals surface area contributed by atoms with Crippen molar-refractivity contribution in [3.05, 3.63) is 0 Å². The molecule has 1 saturated carbocycles. The van der Waals surface area contributed by atoms with Gasteiger partial charge in [-0.05, 0) is 37.6 Å². The van der Waals surface area contributed by atoms with Crippen molar-refractivity contribution >= 4 is 5.97 Å². The zero-order valence-corrected chi connectivity index (χ0v) is 10.2. The van der Waals surface area contributed by atoms with Gasteiger partial charge in [0.15, 0.2) is 0 Å². The van der Waals surface area contributed by atoms with Crippen LogP contribution in [0.2, 0.25) is 0 Å². The van der Waals surface area contributed by atoms with Gasteiger partial charge in [0, 0.05) is 19.0 Å². The molecule has 1 aliphatic carbocycles. The first-order valence-electron chi connectivity index (χ1n) is 6.66.